The Morgan fingerprint density at radius 3 is 2.76 bits per heavy atom. The van der Waals surface area contributed by atoms with E-state index in [1.54, 1.807) is 6.07 Å². The van der Waals surface area contributed by atoms with E-state index in [9.17, 15) is 14.9 Å². The lowest BCUT2D eigenvalue weighted by atomic mass is 10.1. The number of benzene rings is 1. The van der Waals surface area contributed by atoms with Gasteiger partial charge in [0, 0.05) is 6.07 Å². The summed E-state index contributed by atoms with van der Waals surface area (Å²) in [5.41, 5.74) is -0.465. The lowest BCUT2D eigenvalue weighted by molar-refractivity contribution is -0.385. The van der Waals surface area contributed by atoms with Gasteiger partial charge in [0.05, 0.1) is 23.0 Å². The molecule has 1 rings (SSSR count). The second-order valence-corrected chi connectivity index (χ2v) is 2.93. The van der Waals surface area contributed by atoms with E-state index in [0.29, 0.717) is 0 Å². The largest absolute Gasteiger partial charge is 0.478 e. The molecule has 6 nitrogen and oxygen atoms in total. The van der Waals surface area contributed by atoms with Crippen molar-refractivity contribution in [1.29, 1.82) is 5.26 Å². The third kappa shape index (κ3) is 3.05. The molecule has 0 aliphatic heterocycles. The quantitative estimate of drug-likeness (QED) is 0.471. The fraction of sp³-hybridized carbons (Fsp3) is 0.0909. The maximum absolute atomic E-state index is 10.7. The van der Waals surface area contributed by atoms with Crippen LogP contribution in [0.1, 0.15) is 22.3 Å². The molecule has 1 aromatic rings. The fourth-order valence-electron chi connectivity index (χ4n) is 1.10. The van der Waals surface area contributed by atoms with Crippen molar-refractivity contribution in [3.63, 3.8) is 0 Å². The van der Waals surface area contributed by atoms with Crippen LogP contribution in [0.5, 0.6) is 0 Å². The minimum atomic E-state index is -1.25. The van der Waals surface area contributed by atoms with Gasteiger partial charge in [0.25, 0.3) is 5.69 Å². The van der Waals surface area contributed by atoms with E-state index < -0.39 is 10.9 Å². The standard InChI is InChI=1S/C11H6N2O4/c12-6-2-1-3-8-4-5-9(11(14)15)7-10(8)13(16)17/h4-5,7H,2H2,(H,14,15). The van der Waals surface area contributed by atoms with Gasteiger partial charge in [-0.15, -0.1) is 0 Å². The normalized spacial score (nSPS) is 8.65. The third-order valence-electron chi connectivity index (χ3n) is 1.83. The van der Waals surface area contributed by atoms with Gasteiger partial charge in [-0.25, -0.2) is 4.79 Å². The second-order valence-electron chi connectivity index (χ2n) is 2.93. The Balaban J connectivity index is 3.25. The van der Waals surface area contributed by atoms with Crippen molar-refractivity contribution in [3.05, 3.63) is 39.4 Å². The van der Waals surface area contributed by atoms with E-state index in [0.717, 1.165) is 6.07 Å². The monoisotopic (exact) mass is 230 g/mol. The molecule has 0 unspecified atom stereocenters. The first kappa shape index (κ1) is 12.2. The lowest BCUT2D eigenvalue weighted by Gasteiger charge is -1.97. The molecule has 6 heteroatoms. The highest BCUT2D eigenvalue weighted by Crippen LogP contribution is 2.19. The van der Waals surface area contributed by atoms with Crippen molar-refractivity contribution >= 4 is 11.7 Å². The van der Waals surface area contributed by atoms with E-state index in [2.05, 4.69) is 11.8 Å². The number of rotatable bonds is 2. The predicted octanol–water partition coefficient (Wildman–Crippen LogP) is 1.56. The summed E-state index contributed by atoms with van der Waals surface area (Å²) in [5.74, 6) is 3.64. The topological polar surface area (TPSA) is 104 Å². The molecule has 0 amide bonds. The van der Waals surface area contributed by atoms with Gasteiger partial charge >= 0.3 is 5.97 Å². The molecule has 1 N–H and O–H groups in total. The van der Waals surface area contributed by atoms with Gasteiger partial charge in [-0.1, -0.05) is 11.8 Å². The van der Waals surface area contributed by atoms with Crippen LogP contribution in [0.25, 0.3) is 0 Å². The average molecular weight is 230 g/mol. The van der Waals surface area contributed by atoms with Crippen molar-refractivity contribution in [3.8, 4) is 17.9 Å². The van der Waals surface area contributed by atoms with Crippen LogP contribution < -0.4 is 0 Å². The van der Waals surface area contributed by atoms with Gasteiger partial charge in [-0.2, -0.15) is 5.26 Å². The zero-order chi connectivity index (χ0) is 12.8. The van der Waals surface area contributed by atoms with E-state index in [1.165, 1.54) is 12.1 Å². The molecule has 1 aromatic carbocycles. The van der Waals surface area contributed by atoms with E-state index in [1.807, 2.05) is 0 Å². The van der Waals surface area contributed by atoms with Gasteiger partial charge in [-0.3, -0.25) is 10.1 Å². The lowest BCUT2D eigenvalue weighted by Crippen LogP contribution is -1.99. The molecule has 0 radical (unpaired) electrons. The molecule has 0 bridgehead atoms. The number of hydrogen-bond donors (Lipinski definition) is 1. The van der Waals surface area contributed by atoms with Gasteiger partial charge < -0.3 is 5.11 Å². The summed E-state index contributed by atoms with van der Waals surface area (Å²) in [6.45, 7) is 0. The Labute approximate surface area is 96.3 Å². The first-order chi connectivity index (χ1) is 8.06. The van der Waals surface area contributed by atoms with E-state index >= 15 is 0 Å². The summed E-state index contributed by atoms with van der Waals surface area (Å²) in [4.78, 5) is 20.6. The molecular weight excluding hydrogens is 224 g/mol. The van der Waals surface area contributed by atoms with Crippen molar-refractivity contribution in [2.75, 3.05) is 0 Å². The van der Waals surface area contributed by atoms with Crippen LogP contribution in [0, 0.1) is 33.3 Å². The fourth-order valence-corrected chi connectivity index (χ4v) is 1.10. The highest BCUT2D eigenvalue weighted by molar-refractivity contribution is 5.88. The van der Waals surface area contributed by atoms with Crippen molar-refractivity contribution in [2.45, 2.75) is 6.42 Å². The molecule has 0 aliphatic rings. The first-order valence-corrected chi connectivity index (χ1v) is 4.44. The minimum absolute atomic E-state index is 0.0438. The number of nitro groups is 1. The third-order valence-corrected chi connectivity index (χ3v) is 1.83. The molecular formula is C11H6N2O4. The number of carbonyl (C=O) groups is 1. The maximum Gasteiger partial charge on any atom is 0.335 e. The second kappa shape index (κ2) is 5.29. The summed E-state index contributed by atoms with van der Waals surface area (Å²) in [6.07, 6.45) is -0.0438. The maximum atomic E-state index is 10.7. The van der Waals surface area contributed by atoms with Crippen LogP contribution in [0.2, 0.25) is 0 Å². The Morgan fingerprint density at radius 2 is 2.24 bits per heavy atom. The summed E-state index contributed by atoms with van der Waals surface area (Å²) >= 11 is 0. The van der Waals surface area contributed by atoms with Crippen LogP contribution >= 0.6 is 0 Å². The van der Waals surface area contributed by atoms with Gasteiger partial charge in [0.15, 0.2) is 0 Å². The molecule has 17 heavy (non-hydrogen) atoms. The highest BCUT2D eigenvalue weighted by atomic mass is 16.6. The van der Waals surface area contributed by atoms with Crippen LogP contribution in [0.3, 0.4) is 0 Å². The van der Waals surface area contributed by atoms with E-state index in [-0.39, 0.29) is 23.2 Å². The molecule has 0 atom stereocenters. The van der Waals surface area contributed by atoms with E-state index in [4.69, 9.17) is 10.4 Å². The summed E-state index contributed by atoms with van der Waals surface area (Å²) in [7, 11) is 0. The zero-order valence-electron chi connectivity index (χ0n) is 8.51. The SMILES string of the molecule is N#CCC#Cc1ccc(C(=O)O)cc1[N+](=O)[O-]. The van der Waals surface area contributed by atoms with Crippen LogP contribution in [0.15, 0.2) is 18.2 Å². The number of nitro benzene ring substituents is 1. The summed E-state index contributed by atoms with van der Waals surface area (Å²) in [6, 6.07) is 5.21. The van der Waals surface area contributed by atoms with Crippen LogP contribution in [-0.4, -0.2) is 16.0 Å². The Kier molecular flexibility index (Phi) is 3.80. The van der Waals surface area contributed by atoms with Gasteiger partial charge in [0.1, 0.15) is 5.56 Å². The molecule has 0 aromatic heterocycles. The van der Waals surface area contributed by atoms with Crippen molar-refractivity contribution < 1.29 is 14.8 Å². The van der Waals surface area contributed by atoms with Crippen LogP contribution in [0.4, 0.5) is 5.69 Å². The Morgan fingerprint density at radius 1 is 1.53 bits per heavy atom. The number of carboxylic acid groups (broad SMARTS) is 1. The Bertz CT molecular complexity index is 575. The highest BCUT2D eigenvalue weighted by Gasteiger charge is 2.15. The minimum Gasteiger partial charge on any atom is -0.478 e. The smallest absolute Gasteiger partial charge is 0.335 e. The molecule has 0 spiro atoms. The predicted molar refractivity (Wildman–Crippen MR) is 57.2 cm³/mol. The van der Waals surface area contributed by atoms with Gasteiger partial charge in [0.2, 0.25) is 0 Å². The molecule has 0 fully saturated rings. The molecule has 0 aliphatic carbocycles. The summed E-state index contributed by atoms with van der Waals surface area (Å²) < 4.78 is 0. The molecule has 0 saturated heterocycles. The number of nitriles is 1. The van der Waals surface area contributed by atoms with Crippen LogP contribution in [-0.2, 0) is 0 Å². The molecule has 0 heterocycles. The molecule has 0 saturated carbocycles. The zero-order valence-corrected chi connectivity index (χ0v) is 8.51. The average Bonchev–Trinajstić information content (AvgIpc) is 2.29. The Hall–Kier alpha value is -2.86. The van der Waals surface area contributed by atoms with Crippen molar-refractivity contribution in [1.82, 2.24) is 0 Å². The first-order valence-electron chi connectivity index (χ1n) is 4.44. The van der Waals surface area contributed by atoms with Gasteiger partial charge in [-0.05, 0) is 12.1 Å². The number of carboxylic acids is 1. The number of hydrogen-bond acceptors (Lipinski definition) is 4. The number of aromatic carboxylic acids is 1. The summed E-state index contributed by atoms with van der Waals surface area (Å²) in [5, 5.41) is 27.7. The van der Waals surface area contributed by atoms with Crippen molar-refractivity contribution in [2.24, 2.45) is 0 Å². The number of nitrogens with zero attached hydrogens (tertiary/aromatic N) is 2. The molecule has 84 valence electrons.